The van der Waals surface area contributed by atoms with Crippen molar-refractivity contribution in [2.75, 3.05) is 18.4 Å². The van der Waals surface area contributed by atoms with Crippen molar-refractivity contribution < 1.29 is 19.4 Å². The third-order valence-corrected chi connectivity index (χ3v) is 2.61. The Bertz CT molecular complexity index is 538. The molecule has 0 bridgehead atoms. The topological polar surface area (TPSA) is 101 Å². The van der Waals surface area contributed by atoms with Crippen molar-refractivity contribution >= 4 is 17.7 Å². The predicted octanol–water partition coefficient (Wildman–Crippen LogP) is 2.41. The van der Waals surface area contributed by atoms with Crippen LogP contribution >= 0.6 is 0 Å². The van der Waals surface area contributed by atoms with E-state index in [1.807, 2.05) is 0 Å². The third kappa shape index (κ3) is 6.43. The molecule has 0 radical (unpaired) electrons. The number of rotatable bonds is 6. The second-order valence-corrected chi connectivity index (χ2v) is 5.89. The van der Waals surface area contributed by atoms with E-state index in [2.05, 4.69) is 15.6 Å². The van der Waals surface area contributed by atoms with E-state index >= 15 is 0 Å². The van der Waals surface area contributed by atoms with Crippen molar-refractivity contribution in [3.05, 3.63) is 23.5 Å². The normalized spacial score (nSPS) is 10.9. The maximum Gasteiger partial charge on any atom is 0.407 e. The molecular weight excluding hydrogens is 286 g/mol. The number of hydrogen-bond donors (Lipinski definition) is 3. The molecule has 1 aromatic heterocycles. The summed E-state index contributed by atoms with van der Waals surface area (Å²) < 4.78 is 5.11. The minimum atomic E-state index is -1.03. The van der Waals surface area contributed by atoms with E-state index in [9.17, 15) is 9.59 Å². The highest BCUT2D eigenvalue weighted by Crippen LogP contribution is 2.15. The fourth-order valence-corrected chi connectivity index (χ4v) is 1.69. The fourth-order valence-electron chi connectivity index (χ4n) is 1.69. The van der Waals surface area contributed by atoms with Crippen LogP contribution in [0.1, 0.15) is 43.2 Å². The van der Waals surface area contributed by atoms with Crippen LogP contribution in [0.5, 0.6) is 0 Å². The number of nitrogens with zero attached hydrogens (tertiary/aromatic N) is 1. The van der Waals surface area contributed by atoms with E-state index in [1.165, 1.54) is 6.20 Å². The second kappa shape index (κ2) is 7.63. The molecule has 0 fully saturated rings. The number of hydrogen-bond acceptors (Lipinski definition) is 5. The van der Waals surface area contributed by atoms with Crippen LogP contribution in [0.3, 0.4) is 0 Å². The van der Waals surface area contributed by atoms with Crippen molar-refractivity contribution in [2.45, 2.75) is 39.7 Å². The van der Waals surface area contributed by atoms with Crippen LogP contribution < -0.4 is 10.6 Å². The summed E-state index contributed by atoms with van der Waals surface area (Å²) in [4.78, 5) is 26.5. The molecule has 0 aliphatic heterocycles. The molecule has 3 N–H and O–H groups in total. The van der Waals surface area contributed by atoms with Gasteiger partial charge >= 0.3 is 12.1 Å². The van der Waals surface area contributed by atoms with Gasteiger partial charge in [0.05, 0.1) is 5.69 Å². The van der Waals surface area contributed by atoms with Gasteiger partial charge in [0, 0.05) is 25.0 Å². The number of alkyl carbamates (subject to hydrolysis) is 1. The first-order valence-corrected chi connectivity index (χ1v) is 7.10. The summed E-state index contributed by atoms with van der Waals surface area (Å²) in [6.45, 7) is 8.16. The maximum atomic E-state index is 11.4. The first-order valence-electron chi connectivity index (χ1n) is 7.10. The number of aryl methyl sites for hydroxylation is 1. The number of pyridine rings is 1. The smallest absolute Gasteiger partial charge is 0.407 e. The van der Waals surface area contributed by atoms with Crippen molar-refractivity contribution in [2.24, 2.45) is 0 Å². The Hall–Kier alpha value is -2.31. The van der Waals surface area contributed by atoms with Gasteiger partial charge in [-0.25, -0.2) is 9.59 Å². The van der Waals surface area contributed by atoms with Gasteiger partial charge in [0.2, 0.25) is 0 Å². The molecule has 1 amide bonds. The lowest BCUT2D eigenvalue weighted by Gasteiger charge is -2.19. The van der Waals surface area contributed by atoms with Gasteiger partial charge in [-0.1, -0.05) is 0 Å². The number of carbonyl (C=O) groups is 2. The van der Waals surface area contributed by atoms with Crippen LogP contribution in [0.4, 0.5) is 10.5 Å². The third-order valence-electron chi connectivity index (χ3n) is 2.61. The summed E-state index contributed by atoms with van der Waals surface area (Å²) in [6.07, 6.45) is 1.51. The summed E-state index contributed by atoms with van der Waals surface area (Å²) in [5.41, 5.74) is 0.871. The lowest BCUT2D eigenvalue weighted by atomic mass is 10.2. The predicted molar refractivity (Wildman–Crippen MR) is 83.3 cm³/mol. The minimum Gasteiger partial charge on any atom is -0.478 e. The number of carboxylic acid groups (broad SMARTS) is 1. The van der Waals surface area contributed by atoms with E-state index < -0.39 is 17.7 Å². The number of carbonyl (C=O) groups excluding carboxylic acids is 1. The maximum absolute atomic E-state index is 11.4. The number of ether oxygens (including phenoxy) is 1. The molecule has 1 heterocycles. The summed E-state index contributed by atoms with van der Waals surface area (Å²) >= 11 is 0. The zero-order valence-electron chi connectivity index (χ0n) is 13.4. The van der Waals surface area contributed by atoms with Gasteiger partial charge in [-0.15, -0.1) is 0 Å². The Kier molecular flexibility index (Phi) is 6.15. The Morgan fingerprint density at radius 3 is 2.59 bits per heavy atom. The van der Waals surface area contributed by atoms with Gasteiger partial charge in [0.25, 0.3) is 0 Å². The van der Waals surface area contributed by atoms with Crippen LogP contribution in [0.25, 0.3) is 0 Å². The summed E-state index contributed by atoms with van der Waals surface area (Å²) in [6, 6.07) is 1.69. The van der Waals surface area contributed by atoms with Gasteiger partial charge in [0.15, 0.2) is 0 Å². The summed E-state index contributed by atoms with van der Waals surface area (Å²) in [7, 11) is 0. The van der Waals surface area contributed by atoms with Crippen LogP contribution in [0.2, 0.25) is 0 Å². The van der Waals surface area contributed by atoms with Gasteiger partial charge in [-0.05, 0) is 40.2 Å². The molecule has 0 unspecified atom stereocenters. The largest absolute Gasteiger partial charge is 0.478 e. The summed E-state index contributed by atoms with van der Waals surface area (Å²) in [5.74, 6) is -1.03. The number of nitrogens with one attached hydrogen (secondary N) is 2. The molecule has 0 saturated heterocycles. The number of carboxylic acids is 1. The number of anilines is 1. The molecule has 0 spiro atoms. The van der Waals surface area contributed by atoms with Crippen molar-refractivity contribution in [3.63, 3.8) is 0 Å². The summed E-state index contributed by atoms with van der Waals surface area (Å²) in [5, 5.41) is 14.8. The van der Waals surface area contributed by atoms with Gasteiger partial charge < -0.3 is 20.5 Å². The molecule has 1 aromatic rings. The van der Waals surface area contributed by atoms with Crippen LogP contribution in [0, 0.1) is 6.92 Å². The highest BCUT2D eigenvalue weighted by atomic mass is 16.6. The molecule has 0 aromatic carbocycles. The molecular formula is C15H23N3O4. The van der Waals surface area contributed by atoms with Crippen LogP contribution in [-0.2, 0) is 4.74 Å². The van der Waals surface area contributed by atoms with E-state index in [0.717, 1.165) is 5.69 Å². The molecule has 7 heteroatoms. The van der Waals surface area contributed by atoms with E-state index in [4.69, 9.17) is 9.84 Å². The molecule has 22 heavy (non-hydrogen) atoms. The van der Waals surface area contributed by atoms with Crippen molar-refractivity contribution in [3.8, 4) is 0 Å². The quantitative estimate of drug-likeness (QED) is 0.698. The van der Waals surface area contributed by atoms with Crippen LogP contribution in [0.15, 0.2) is 12.3 Å². The molecule has 0 aliphatic carbocycles. The number of amides is 1. The Labute approximate surface area is 130 Å². The molecule has 122 valence electrons. The zero-order chi connectivity index (χ0) is 16.8. The Balaban J connectivity index is 2.38. The van der Waals surface area contributed by atoms with E-state index in [-0.39, 0.29) is 5.56 Å². The highest BCUT2D eigenvalue weighted by Gasteiger charge is 2.15. The standard InChI is InChI=1S/C15H23N3O4/c1-10-8-12(11(9-18-10)13(19)20)16-6-5-7-17-14(21)22-15(2,3)4/h8-9H,5-7H2,1-4H3,(H,16,18)(H,17,21)(H,19,20). The lowest BCUT2D eigenvalue weighted by molar-refractivity contribution is 0.0527. The molecule has 1 rings (SSSR count). The van der Waals surface area contributed by atoms with E-state index in [0.29, 0.717) is 25.2 Å². The Morgan fingerprint density at radius 2 is 2.00 bits per heavy atom. The van der Waals surface area contributed by atoms with Crippen molar-refractivity contribution in [1.82, 2.24) is 10.3 Å². The molecule has 0 aliphatic rings. The first-order chi connectivity index (χ1) is 10.2. The molecule has 0 saturated carbocycles. The highest BCUT2D eigenvalue weighted by molar-refractivity contribution is 5.93. The Morgan fingerprint density at radius 1 is 1.32 bits per heavy atom. The number of aromatic carboxylic acids is 1. The minimum absolute atomic E-state index is 0.130. The monoisotopic (exact) mass is 309 g/mol. The van der Waals surface area contributed by atoms with Gasteiger partial charge in [-0.2, -0.15) is 0 Å². The van der Waals surface area contributed by atoms with E-state index in [1.54, 1.807) is 33.8 Å². The van der Waals surface area contributed by atoms with Crippen molar-refractivity contribution in [1.29, 1.82) is 0 Å². The van der Waals surface area contributed by atoms with Crippen LogP contribution in [-0.4, -0.2) is 40.8 Å². The lowest BCUT2D eigenvalue weighted by Crippen LogP contribution is -2.33. The van der Waals surface area contributed by atoms with Gasteiger partial charge in [-0.3, -0.25) is 4.98 Å². The average Bonchev–Trinajstić information content (AvgIpc) is 2.35. The number of aromatic nitrogens is 1. The SMILES string of the molecule is Cc1cc(NCCCNC(=O)OC(C)(C)C)c(C(=O)O)cn1. The zero-order valence-corrected chi connectivity index (χ0v) is 13.4. The first kappa shape index (κ1) is 17.7. The fraction of sp³-hybridized carbons (Fsp3) is 0.533. The second-order valence-electron chi connectivity index (χ2n) is 5.89. The molecule has 0 atom stereocenters. The van der Waals surface area contributed by atoms with Gasteiger partial charge in [0.1, 0.15) is 11.2 Å². The molecule has 7 nitrogen and oxygen atoms in total. The average molecular weight is 309 g/mol.